The fourth-order valence-corrected chi connectivity index (χ4v) is 7.38. The molecule has 206 valence electrons. The Kier molecular flexibility index (Phi) is 7.22. The molecule has 0 saturated heterocycles. The first-order valence-electron chi connectivity index (χ1n) is 15.7. The molecule has 0 amide bonds. The first-order chi connectivity index (χ1) is 20.8. The van der Waals surface area contributed by atoms with Gasteiger partial charge in [0.15, 0.2) is 0 Å². The second kappa shape index (κ2) is 11.5. The van der Waals surface area contributed by atoms with Crippen molar-refractivity contribution in [3.63, 3.8) is 0 Å². The lowest BCUT2D eigenvalue weighted by molar-refractivity contribution is 0.691. The molecule has 0 nitrogen and oxygen atoms in total. The maximum absolute atomic E-state index is 2.58. The average molecular weight is 543 g/mol. The molecule has 0 spiro atoms. The van der Waals surface area contributed by atoms with Crippen LogP contribution < -0.4 is 10.4 Å². The Hall–Kier alpha value is -4.42. The fraction of sp³-hybridized carbons (Fsp3) is 0.190. The predicted octanol–water partition coefficient (Wildman–Crippen LogP) is 9.48. The van der Waals surface area contributed by atoms with Crippen LogP contribution in [0.3, 0.4) is 0 Å². The van der Waals surface area contributed by atoms with E-state index in [0.717, 1.165) is 19.3 Å². The monoisotopic (exact) mass is 542 g/mol. The van der Waals surface area contributed by atoms with Crippen LogP contribution in [0.5, 0.6) is 0 Å². The summed E-state index contributed by atoms with van der Waals surface area (Å²) in [6.45, 7) is 4.00. The molecule has 4 aromatic carbocycles. The summed E-state index contributed by atoms with van der Waals surface area (Å²) in [5, 5.41) is 5.40. The molecule has 4 aromatic rings. The van der Waals surface area contributed by atoms with Crippen molar-refractivity contribution in [3.05, 3.63) is 172 Å². The molecule has 42 heavy (non-hydrogen) atoms. The second-order valence-corrected chi connectivity index (χ2v) is 11.5. The van der Waals surface area contributed by atoms with Gasteiger partial charge in [0.05, 0.1) is 0 Å². The second-order valence-electron chi connectivity index (χ2n) is 11.5. The molecule has 0 radical (unpaired) electrons. The van der Waals surface area contributed by atoms with Crippen molar-refractivity contribution in [2.24, 2.45) is 11.8 Å². The standard InChI is InChI=1S/C40H32.C2H6/c1-2-10-27(11-3-1)32-22-23-37-38(26-32)40(34-21-19-29-13-5-7-15-31(29)25-34)36-17-9-8-16-35(36)39(37)33-20-18-28-12-4-6-14-30(28)24-33;1-2/h1-4,6-12,14-20,22-25,34,38H,5,13,21,26H2;1-2H3. The molecule has 0 heterocycles. The Morgan fingerprint density at radius 2 is 1.43 bits per heavy atom. The maximum Gasteiger partial charge on any atom is 0.0110 e. The van der Waals surface area contributed by atoms with Crippen LogP contribution in [0.4, 0.5) is 0 Å². The average Bonchev–Trinajstić information content (AvgIpc) is 3.08. The van der Waals surface area contributed by atoms with E-state index in [1.54, 1.807) is 5.57 Å². The fourth-order valence-electron chi connectivity index (χ4n) is 7.38. The van der Waals surface area contributed by atoms with E-state index in [2.05, 4.69) is 134 Å². The Morgan fingerprint density at radius 3 is 2.29 bits per heavy atom. The van der Waals surface area contributed by atoms with E-state index in [-0.39, 0.29) is 0 Å². The summed E-state index contributed by atoms with van der Waals surface area (Å²) >= 11 is 0. The van der Waals surface area contributed by atoms with Crippen LogP contribution in [0.2, 0.25) is 0 Å². The van der Waals surface area contributed by atoms with Crippen LogP contribution >= 0.6 is 0 Å². The SMILES string of the molecule is C1=CC2=CC(C3=c4ccccc4=C(c4ccc5ccccc5c4)C4=CC=C(c5ccccc5)CC43)CC=C2CC1.CC. The highest BCUT2D eigenvalue weighted by atomic mass is 14.4. The smallest absolute Gasteiger partial charge is 0.0110 e. The van der Waals surface area contributed by atoms with E-state index in [1.807, 2.05) is 13.8 Å². The van der Waals surface area contributed by atoms with Crippen LogP contribution in [0.1, 0.15) is 50.7 Å². The van der Waals surface area contributed by atoms with Gasteiger partial charge >= 0.3 is 0 Å². The largest absolute Gasteiger partial charge is 0.0836 e. The lowest BCUT2D eigenvalue weighted by Gasteiger charge is -2.37. The third-order valence-corrected chi connectivity index (χ3v) is 9.26. The minimum absolute atomic E-state index is 0.348. The molecule has 4 aliphatic rings. The van der Waals surface area contributed by atoms with Crippen molar-refractivity contribution < 1.29 is 0 Å². The molecule has 0 aromatic heterocycles. The van der Waals surface area contributed by atoms with E-state index >= 15 is 0 Å². The van der Waals surface area contributed by atoms with Gasteiger partial charge in [0, 0.05) is 11.8 Å². The molecule has 0 N–H and O–H groups in total. The number of allylic oxidation sites excluding steroid dienone is 10. The minimum Gasteiger partial charge on any atom is -0.0836 e. The molecule has 0 saturated carbocycles. The maximum atomic E-state index is 2.58. The van der Waals surface area contributed by atoms with Gasteiger partial charge in [0.1, 0.15) is 0 Å². The highest BCUT2D eigenvalue weighted by Gasteiger charge is 2.34. The zero-order valence-electron chi connectivity index (χ0n) is 24.7. The molecule has 0 bridgehead atoms. The Morgan fingerprint density at radius 1 is 0.667 bits per heavy atom. The molecular formula is C42H38. The number of rotatable bonds is 3. The lowest BCUT2D eigenvalue weighted by atomic mass is 9.67. The van der Waals surface area contributed by atoms with Crippen molar-refractivity contribution in [1.82, 2.24) is 0 Å². The van der Waals surface area contributed by atoms with Crippen LogP contribution in [0.15, 0.2) is 150 Å². The molecular weight excluding hydrogens is 504 g/mol. The van der Waals surface area contributed by atoms with E-state index in [4.69, 9.17) is 0 Å². The Bertz CT molecular complexity index is 1940. The summed E-state index contributed by atoms with van der Waals surface area (Å²) in [4.78, 5) is 0. The third kappa shape index (κ3) is 4.66. The zero-order chi connectivity index (χ0) is 28.5. The molecule has 0 heteroatoms. The van der Waals surface area contributed by atoms with Crippen LogP contribution in [-0.2, 0) is 0 Å². The van der Waals surface area contributed by atoms with Crippen LogP contribution in [0, 0.1) is 11.8 Å². The van der Waals surface area contributed by atoms with Gasteiger partial charge in [-0.15, -0.1) is 0 Å². The molecule has 0 fully saturated rings. The molecule has 4 aliphatic carbocycles. The summed E-state index contributed by atoms with van der Waals surface area (Å²) in [7, 11) is 0. The van der Waals surface area contributed by atoms with Crippen molar-refractivity contribution in [2.45, 2.75) is 39.5 Å². The Balaban J connectivity index is 0.00000141. The van der Waals surface area contributed by atoms with Gasteiger partial charge in [-0.3, -0.25) is 0 Å². The normalized spacial score (nSPS) is 20.6. The number of hydrogen-bond donors (Lipinski definition) is 0. The highest BCUT2D eigenvalue weighted by molar-refractivity contribution is 5.93. The predicted molar refractivity (Wildman–Crippen MR) is 180 cm³/mol. The van der Waals surface area contributed by atoms with Gasteiger partial charge < -0.3 is 0 Å². The summed E-state index contributed by atoms with van der Waals surface area (Å²) in [6.07, 6.45) is 19.1. The highest BCUT2D eigenvalue weighted by Crippen LogP contribution is 2.47. The van der Waals surface area contributed by atoms with E-state index in [0.29, 0.717) is 11.8 Å². The topological polar surface area (TPSA) is 0 Å². The van der Waals surface area contributed by atoms with Crippen molar-refractivity contribution in [2.75, 3.05) is 0 Å². The van der Waals surface area contributed by atoms with Crippen molar-refractivity contribution >= 4 is 27.5 Å². The summed E-state index contributed by atoms with van der Waals surface area (Å²) < 4.78 is 0. The van der Waals surface area contributed by atoms with Crippen LogP contribution in [0.25, 0.3) is 27.5 Å². The molecule has 2 unspecified atom stereocenters. The van der Waals surface area contributed by atoms with Gasteiger partial charge in [-0.05, 0) is 97.5 Å². The summed E-state index contributed by atoms with van der Waals surface area (Å²) in [5.41, 5.74) is 11.5. The molecule has 2 atom stereocenters. The number of fused-ring (bicyclic) bond motifs is 4. The van der Waals surface area contributed by atoms with Gasteiger partial charge in [0.2, 0.25) is 0 Å². The van der Waals surface area contributed by atoms with E-state index < -0.39 is 0 Å². The first kappa shape index (κ1) is 26.5. The minimum atomic E-state index is 0.348. The number of hydrogen-bond acceptors (Lipinski definition) is 0. The van der Waals surface area contributed by atoms with Gasteiger partial charge in [-0.1, -0.05) is 141 Å². The third-order valence-electron chi connectivity index (χ3n) is 9.26. The molecule has 0 aliphatic heterocycles. The van der Waals surface area contributed by atoms with Crippen molar-refractivity contribution in [3.8, 4) is 0 Å². The Labute approximate surface area is 250 Å². The summed E-state index contributed by atoms with van der Waals surface area (Å²) in [6, 6.07) is 35.9. The van der Waals surface area contributed by atoms with Gasteiger partial charge in [0.25, 0.3) is 0 Å². The lowest BCUT2D eigenvalue weighted by Crippen LogP contribution is -2.39. The van der Waals surface area contributed by atoms with Crippen LogP contribution in [-0.4, -0.2) is 0 Å². The quantitative estimate of drug-likeness (QED) is 0.242. The number of benzene rings is 4. The van der Waals surface area contributed by atoms with Gasteiger partial charge in [-0.2, -0.15) is 0 Å². The molecule has 8 rings (SSSR count). The van der Waals surface area contributed by atoms with E-state index in [1.165, 1.54) is 66.6 Å². The summed E-state index contributed by atoms with van der Waals surface area (Å²) in [5.74, 6) is 0.755. The van der Waals surface area contributed by atoms with Crippen molar-refractivity contribution in [1.29, 1.82) is 0 Å². The van der Waals surface area contributed by atoms with E-state index in [9.17, 15) is 0 Å². The van der Waals surface area contributed by atoms with Gasteiger partial charge in [-0.25, -0.2) is 0 Å². The zero-order valence-corrected chi connectivity index (χ0v) is 24.7. The first-order valence-corrected chi connectivity index (χ1v) is 15.7.